The van der Waals surface area contributed by atoms with Crippen molar-refractivity contribution in [2.45, 2.75) is 39.3 Å². The van der Waals surface area contributed by atoms with Gasteiger partial charge in [0.25, 0.3) is 5.91 Å². The van der Waals surface area contributed by atoms with E-state index in [1.54, 1.807) is 45.4 Å². The number of methoxy groups -OCH3 is 2. The molecule has 7 heteroatoms. The molecule has 1 atom stereocenters. The highest BCUT2D eigenvalue weighted by atomic mass is 16.5. The standard InChI is InChI=1S/C24H32N2O5/c1-5-6-14-25-24(28)18(2)26(16-19-8-7-9-22(15-19)30-4)23(27)17-31-21-12-10-20(29-3)11-13-21/h7-13,15,18H,5-6,14,16-17H2,1-4H3,(H,25,28)/t18-/m0/s1. The highest BCUT2D eigenvalue weighted by Crippen LogP contribution is 2.19. The Morgan fingerprint density at radius 1 is 1.00 bits per heavy atom. The molecule has 0 spiro atoms. The highest BCUT2D eigenvalue weighted by Gasteiger charge is 2.26. The molecular weight excluding hydrogens is 396 g/mol. The Labute approximate surface area is 184 Å². The van der Waals surface area contributed by atoms with Gasteiger partial charge in [0, 0.05) is 13.1 Å². The number of carbonyl (C=O) groups excluding carboxylic acids is 2. The molecule has 168 valence electrons. The summed E-state index contributed by atoms with van der Waals surface area (Å²) in [5.74, 6) is 1.48. The van der Waals surface area contributed by atoms with Gasteiger partial charge in [0.1, 0.15) is 23.3 Å². The minimum atomic E-state index is -0.643. The van der Waals surface area contributed by atoms with Gasteiger partial charge in [-0.2, -0.15) is 0 Å². The average Bonchev–Trinajstić information content (AvgIpc) is 2.81. The van der Waals surface area contributed by atoms with Gasteiger partial charge in [-0.3, -0.25) is 9.59 Å². The van der Waals surface area contributed by atoms with Crippen LogP contribution in [0.1, 0.15) is 32.3 Å². The molecule has 0 aliphatic rings. The molecule has 2 aromatic rings. The van der Waals surface area contributed by atoms with E-state index in [4.69, 9.17) is 14.2 Å². The smallest absolute Gasteiger partial charge is 0.261 e. The zero-order chi connectivity index (χ0) is 22.6. The van der Waals surface area contributed by atoms with Crippen molar-refractivity contribution in [3.05, 3.63) is 54.1 Å². The number of carbonyl (C=O) groups is 2. The molecule has 2 amide bonds. The molecule has 0 aliphatic carbocycles. The van der Waals surface area contributed by atoms with Crippen LogP contribution in [-0.4, -0.2) is 50.1 Å². The van der Waals surface area contributed by atoms with E-state index in [-0.39, 0.29) is 25.0 Å². The van der Waals surface area contributed by atoms with Crippen molar-refractivity contribution in [1.82, 2.24) is 10.2 Å². The van der Waals surface area contributed by atoms with Gasteiger partial charge < -0.3 is 24.4 Å². The summed E-state index contributed by atoms with van der Waals surface area (Å²) in [6.07, 6.45) is 1.87. The molecular formula is C24H32N2O5. The molecule has 7 nitrogen and oxygen atoms in total. The monoisotopic (exact) mass is 428 g/mol. The lowest BCUT2D eigenvalue weighted by atomic mass is 10.1. The number of nitrogens with zero attached hydrogens (tertiary/aromatic N) is 1. The van der Waals surface area contributed by atoms with Gasteiger partial charge in [0.2, 0.25) is 5.91 Å². The number of nitrogens with one attached hydrogen (secondary N) is 1. The molecule has 31 heavy (non-hydrogen) atoms. The van der Waals surface area contributed by atoms with Crippen molar-refractivity contribution in [2.24, 2.45) is 0 Å². The first-order valence-corrected chi connectivity index (χ1v) is 10.5. The molecule has 0 heterocycles. The summed E-state index contributed by atoms with van der Waals surface area (Å²) >= 11 is 0. The van der Waals surface area contributed by atoms with E-state index < -0.39 is 6.04 Å². The second-order valence-electron chi connectivity index (χ2n) is 7.16. The van der Waals surface area contributed by atoms with Crippen LogP contribution < -0.4 is 19.5 Å². The van der Waals surface area contributed by atoms with Gasteiger partial charge in [-0.15, -0.1) is 0 Å². The molecule has 0 bridgehead atoms. The van der Waals surface area contributed by atoms with Crippen LogP contribution in [0.15, 0.2) is 48.5 Å². The number of ether oxygens (including phenoxy) is 3. The Kier molecular flexibility index (Phi) is 9.68. The molecule has 0 radical (unpaired) electrons. The Bertz CT molecular complexity index is 838. The maximum Gasteiger partial charge on any atom is 0.261 e. The summed E-state index contributed by atoms with van der Waals surface area (Å²) in [6.45, 7) is 4.47. The maximum atomic E-state index is 13.0. The Balaban J connectivity index is 2.11. The Morgan fingerprint density at radius 2 is 1.68 bits per heavy atom. The quantitative estimate of drug-likeness (QED) is 0.524. The molecule has 1 N–H and O–H groups in total. The third kappa shape index (κ3) is 7.51. The number of hydrogen-bond acceptors (Lipinski definition) is 5. The fourth-order valence-corrected chi connectivity index (χ4v) is 2.99. The van der Waals surface area contributed by atoms with Crippen LogP contribution in [-0.2, 0) is 16.1 Å². The van der Waals surface area contributed by atoms with E-state index in [9.17, 15) is 9.59 Å². The number of hydrogen-bond donors (Lipinski definition) is 1. The lowest BCUT2D eigenvalue weighted by Gasteiger charge is -2.29. The topological polar surface area (TPSA) is 77.1 Å². The molecule has 0 saturated carbocycles. The van der Waals surface area contributed by atoms with Crippen molar-refractivity contribution < 1.29 is 23.8 Å². The maximum absolute atomic E-state index is 13.0. The van der Waals surface area contributed by atoms with Gasteiger partial charge >= 0.3 is 0 Å². The van der Waals surface area contributed by atoms with Crippen LogP contribution in [0.4, 0.5) is 0 Å². The number of benzene rings is 2. The first kappa shape index (κ1) is 24.1. The first-order chi connectivity index (χ1) is 15.0. The predicted octanol–water partition coefficient (Wildman–Crippen LogP) is 3.42. The van der Waals surface area contributed by atoms with E-state index in [0.717, 1.165) is 18.4 Å². The van der Waals surface area contributed by atoms with Crippen molar-refractivity contribution in [3.8, 4) is 17.2 Å². The van der Waals surface area contributed by atoms with Gasteiger partial charge in [-0.25, -0.2) is 0 Å². The predicted molar refractivity (Wildman–Crippen MR) is 119 cm³/mol. The molecule has 0 fully saturated rings. The normalized spacial score (nSPS) is 11.4. The minimum Gasteiger partial charge on any atom is -0.497 e. The minimum absolute atomic E-state index is 0.178. The number of rotatable bonds is 12. The Hall–Kier alpha value is -3.22. The van der Waals surface area contributed by atoms with Crippen molar-refractivity contribution in [2.75, 3.05) is 27.4 Å². The highest BCUT2D eigenvalue weighted by molar-refractivity contribution is 5.87. The second kappa shape index (κ2) is 12.5. The molecule has 0 aliphatic heterocycles. The lowest BCUT2D eigenvalue weighted by Crippen LogP contribution is -2.49. The summed E-state index contributed by atoms with van der Waals surface area (Å²) in [5.41, 5.74) is 0.866. The first-order valence-electron chi connectivity index (χ1n) is 10.5. The summed E-state index contributed by atoms with van der Waals surface area (Å²) < 4.78 is 16.1. The third-order valence-corrected chi connectivity index (χ3v) is 4.91. The summed E-state index contributed by atoms with van der Waals surface area (Å²) in [4.78, 5) is 27.2. The van der Waals surface area contributed by atoms with Crippen LogP contribution >= 0.6 is 0 Å². The van der Waals surface area contributed by atoms with E-state index in [1.807, 2.05) is 24.3 Å². The molecule has 0 unspecified atom stereocenters. The van der Waals surface area contributed by atoms with E-state index in [0.29, 0.717) is 23.8 Å². The number of unbranched alkanes of at least 4 members (excludes halogenated alkanes) is 1. The molecule has 2 aromatic carbocycles. The van der Waals surface area contributed by atoms with Crippen LogP contribution in [0.2, 0.25) is 0 Å². The van der Waals surface area contributed by atoms with Gasteiger partial charge in [0.15, 0.2) is 6.61 Å². The van der Waals surface area contributed by atoms with Gasteiger partial charge in [-0.05, 0) is 55.3 Å². The third-order valence-electron chi connectivity index (χ3n) is 4.91. The van der Waals surface area contributed by atoms with Crippen molar-refractivity contribution in [3.63, 3.8) is 0 Å². The largest absolute Gasteiger partial charge is 0.497 e. The van der Waals surface area contributed by atoms with Crippen LogP contribution in [0, 0.1) is 0 Å². The lowest BCUT2D eigenvalue weighted by molar-refractivity contribution is -0.142. The van der Waals surface area contributed by atoms with Crippen molar-refractivity contribution >= 4 is 11.8 Å². The molecule has 0 aromatic heterocycles. The number of amides is 2. The zero-order valence-corrected chi connectivity index (χ0v) is 18.7. The van der Waals surface area contributed by atoms with E-state index >= 15 is 0 Å². The fourth-order valence-electron chi connectivity index (χ4n) is 2.99. The van der Waals surface area contributed by atoms with Crippen LogP contribution in [0.5, 0.6) is 17.2 Å². The second-order valence-corrected chi connectivity index (χ2v) is 7.16. The molecule has 2 rings (SSSR count). The van der Waals surface area contributed by atoms with E-state index in [1.165, 1.54) is 4.90 Å². The zero-order valence-electron chi connectivity index (χ0n) is 18.7. The molecule has 0 saturated heterocycles. The van der Waals surface area contributed by atoms with Crippen molar-refractivity contribution in [1.29, 1.82) is 0 Å². The SMILES string of the molecule is CCCCNC(=O)[C@H](C)N(Cc1cccc(OC)c1)C(=O)COc1ccc(OC)cc1. The summed E-state index contributed by atoms with van der Waals surface area (Å²) in [7, 11) is 3.18. The average molecular weight is 429 g/mol. The Morgan fingerprint density at radius 3 is 2.32 bits per heavy atom. The van der Waals surface area contributed by atoms with Gasteiger partial charge in [-0.1, -0.05) is 25.5 Å². The fraction of sp³-hybridized carbons (Fsp3) is 0.417. The van der Waals surface area contributed by atoms with Crippen LogP contribution in [0.25, 0.3) is 0 Å². The summed E-state index contributed by atoms with van der Waals surface area (Å²) in [6, 6.07) is 13.8. The van der Waals surface area contributed by atoms with E-state index in [2.05, 4.69) is 12.2 Å². The van der Waals surface area contributed by atoms with Crippen LogP contribution in [0.3, 0.4) is 0 Å². The van der Waals surface area contributed by atoms with Gasteiger partial charge in [0.05, 0.1) is 14.2 Å². The summed E-state index contributed by atoms with van der Waals surface area (Å²) in [5, 5.41) is 2.90.